The van der Waals surface area contributed by atoms with Crippen molar-refractivity contribution in [2.75, 3.05) is 38.7 Å². The van der Waals surface area contributed by atoms with Gasteiger partial charge in [0.25, 0.3) is 0 Å². The second-order valence-corrected chi connectivity index (χ2v) is 10.7. The molecule has 1 unspecified atom stereocenters. The van der Waals surface area contributed by atoms with Crippen LogP contribution in [0.15, 0.2) is 66.9 Å². The molecule has 4 aromatic rings. The Bertz CT molecular complexity index is 1660. The van der Waals surface area contributed by atoms with Gasteiger partial charge < -0.3 is 29.5 Å². The number of amides is 3. The van der Waals surface area contributed by atoms with Crippen LogP contribution in [0, 0.1) is 11.6 Å². The first-order valence-electron chi connectivity index (χ1n) is 14.6. The van der Waals surface area contributed by atoms with E-state index in [4.69, 9.17) is 14.2 Å². The van der Waals surface area contributed by atoms with Crippen LogP contribution < -0.4 is 24.8 Å². The van der Waals surface area contributed by atoms with E-state index in [9.17, 15) is 19.1 Å². The number of carbonyl (C=O) groups excluding carboxylic acids is 2. The number of β-amino-alcohol motifs (C(OH)–C–C–N with tert-alkyl or cyclic N) is 1. The quantitative estimate of drug-likeness (QED) is 0.203. The summed E-state index contributed by atoms with van der Waals surface area (Å²) >= 11 is 0. The minimum atomic E-state index is -0.867. The molecule has 0 aliphatic carbocycles. The number of ether oxygens (including phenoxy) is 3. The second-order valence-electron chi connectivity index (χ2n) is 10.7. The number of urea groups is 1. The van der Waals surface area contributed by atoms with E-state index in [1.807, 2.05) is 0 Å². The average molecular weight is 621 g/mol. The number of anilines is 1. The summed E-state index contributed by atoms with van der Waals surface area (Å²) in [7, 11) is 1.49. The summed E-state index contributed by atoms with van der Waals surface area (Å²) in [6.07, 6.45) is 4.12. The van der Waals surface area contributed by atoms with Crippen LogP contribution in [0.1, 0.15) is 24.8 Å². The minimum Gasteiger partial charge on any atom is -0.493 e. The van der Waals surface area contributed by atoms with Crippen molar-refractivity contribution in [2.24, 2.45) is 0 Å². The zero-order valence-electron chi connectivity index (χ0n) is 24.7. The van der Waals surface area contributed by atoms with E-state index in [1.54, 1.807) is 24.3 Å². The number of fused-ring (bicyclic) bond motifs is 1. The predicted octanol–water partition coefficient (Wildman–Crippen LogP) is 5.43. The highest BCUT2D eigenvalue weighted by Gasteiger charge is 2.18. The lowest BCUT2D eigenvalue weighted by Crippen LogP contribution is -2.38. The summed E-state index contributed by atoms with van der Waals surface area (Å²) in [4.78, 5) is 31.0. The maximum atomic E-state index is 15.0. The van der Waals surface area contributed by atoms with Gasteiger partial charge in [-0.05, 0) is 67.9 Å². The van der Waals surface area contributed by atoms with E-state index in [2.05, 4.69) is 20.5 Å². The minimum absolute atomic E-state index is 0.0827. The molecule has 5 rings (SSSR count). The lowest BCUT2D eigenvalue weighted by Gasteiger charge is -2.28. The number of carbonyl (C=O) groups is 2. The number of nitrogens with zero attached hydrogens (tertiary/aromatic N) is 2. The van der Waals surface area contributed by atoms with Crippen LogP contribution >= 0.6 is 0 Å². The highest BCUT2D eigenvalue weighted by molar-refractivity contribution is 6.01. The standard InChI is InChI=1S/C33H34F2N4O6/c1-43-30-17-25-27(18-31(30)44-20-24(40)19-39-12-3-2-4-13-39)36-11-10-28(25)45-29-9-8-23(16-26(29)35)37-33(42)38-32(41)15-21-6-5-7-22(34)14-21/h5-11,14,16-18,24,40H,2-4,12-13,15,19-20H2,1H3,(H2,37,38,41,42). The number of methoxy groups -OCH3 is 1. The summed E-state index contributed by atoms with van der Waals surface area (Å²) in [5, 5.41) is 15.6. The molecule has 3 aromatic carbocycles. The second kappa shape index (κ2) is 14.8. The van der Waals surface area contributed by atoms with Crippen LogP contribution in [0.2, 0.25) is 0 Å². The first-order valence-corrected chi connectivity index (χ1v) is 14.6. The molecule has 1 atom stereocenters. The number of aliphatic hydroxyl groups is 1. The molecular weight excluding hydrogens is 586 g/mol. The Kier molecular flexibility index (Phi) is 10.4. The van der Waals surface area contributed by atoms with Crippen molar-refractivity contribution in [3.05, 3.63) is 84.1 Å². The van der Waals surface area contributed by atoms with Crippen molar-refractivity contribution in [1.82, 2.24) is 15.2 Å². The Morgan fingerprint density at radius 2 is 1.80 bits per heavy atom. The molecular formula is C33H34F2N4O6. The number of nitrogens with one attached hydrogen (secondary N) is 2. The van der Waals surface area contributed by atoms with Crippen LogP contribution in [0.25, 0.3) is 10.9 Å². The fourth-order valence-corrected chi connectivity index (χ4v) is 5.11. The van der Waals surface area contributed by atoms with Crippen molar-refractivity contribution in [2.45, 2.75) is 31.8 Å². The number of imide groups is 1. The Labute approximate surface area is 258 Å². The van der Waals surface area contributed by atoms with E-state index in [-0.39, 0.29) is 24.5 Å². The Morgan fingerprint density at radius 3 is 2.56 bits per heavy atom. The number of hydrogen-bond acceptors (Lipinski definition) is 8. The SMILES string of the molecule is COc1cc2c(Oc3ccc(NC(=O)NC(=O)Cc4cccc(F)c4)cc3F)ccnc2cc1OCC(O)CN1CCCCC1. The molecule has 45 heavy (non-hydrogen) atoms. The fourth-order valence-electron chi connectivity index (χ4n) is 5.11. The van der Waals surface area contributed by atoms with Crippen LogP contribution in [-0.4, -0.2) is 66.4 Å². The van der Waals surface area contributed by atoms with Gasteiger partial charge >= 0.3 is 6.03 Å². The largest absolute Gasteiger partial charge is 0.493 e. The summed E-state index contributed by atoms with van der Waals surface area (Å²) < 4.78 is 45.7. The molecule has 0 bridgehead atoms. The third-order valence-electron chi connectivity index (χ3n) is 7.25. The third kappa shape index (κ3) is 8.64. The highest BCUT2D eigenvalue weighted by atomic mass is 19.1. The number of pyridine rings is 1. The van der Waals surface area contributed by atoms with Crippen LogP contribution in [0.3, 0.4) is 0 Å². The van der Waals surface area contributed by atoms with Gasteiger partial charge in [0.2, 0.25) is 5.91 Å². The zero-order chi connectivity index (χ0) is 31.8. The molecule has 0 radical (unpaired) electrons. The van der Waals surface area contributed by atoms with E-state index in [1.165, 1.54) is 50.1 Å². The molecule has 1 fully saturated rings. The summed E-state index contributed by atoms with van der Waals surface area (Å²) in [5.41, 5.74) is 0.994. The van der Waals surface area contributed by atoms with Gasteiger partial charge in [0.1, 0.15) is 24.3 Å². The summed E-state index contributed by atoms with van der Waals surface area (Å²) in [6.45, 7) is 2.56. The van der Waals surface area contributed by atoms with Gasteiger partial charge in [0, 0.05) is 35.9 Å². The predicted molar refractivity (Wildman–Crippen MR) is 164 cm³/mol. The van der Waals surface area contributed by atoms with E-state index < -0.39 is 29.7 Å². The van der Waals surface area contributed by atoms with Gasteiger partial charge in [-0.2, -0.15) is 0 Å². The maximum absolute atomic E-state index is 15.0. The fraction of sp³-hybridized carbons (Fsp3) is 0.303. The van der Waals surface area contributed by atoms with Gasteiger partial charge in [-0.15, -0.1) is 0 Å². The van der Waals surface area contributed by atoms with Crippen molar-refractivity contribution < 1.29 is 37.7 Å². The molecule has 0 spiro atoms. The molecule has 10 nitrogen and oxygen atoms in total. The van der Waals surface area contributed by atoms with E-state index >= 15 is 4.39 Å². The number of benzene rings is 3. The summed E-state index contributed by atoms with van der Waals surface area (Å²) in [5.74, 6) is -0.926. The monoisotopic (exact) mass is 620 g/mol. The van der Waals surface area contributed by atoms with E-state index in [0.717, 1.165) is 32.0 Å². The lowest BCUT2D eigenvalue weighted by molar-refractivity contribution is -0.119. The molecule has 1 aliphatic heterocycles. The van der Waals surface area contributed by atoms with Crippen molar-refractivity contribution in [3.63, 3.8) is 0 Å². The normalized spacial score (nSPS) is 14.0. The molecule has 236 valence electrons. The first kappa shape index (κ1) is 31.6. The molecule has 0 saturated carbocycles. The van der Waals surface area contributed by atoms with Crippen molar-refractivity contribution >= 4 is 28.5 Å². The molecule has 1 aromatic heterocycles. The number of halogens is 2. The lowest BCUT2D eigenvalue weighted by atomic mass is 10.1. The number of hydrogen-bond donors (Lipinski definition) is 3. The average Bonchev–Trinajstić information content (AvgIpc) is 3.01. The number of aromatic nitrogens is 1. The topological polar surface area (TPSA) is 122 Å². The Balaban J connectivity index is 1.21. The molecule has 3 N–H and O–H groups in total. The number of rotatable bonds is 11. The molecule has 2 heterocycles. The van der Waals surface area contributed by atoms with Gasteiger partial charge in [-0.1, -0.05) is 18.6 Å². The molecule has 3 amide bonds. The van der Waals surface area contributed by atoms with Crippen molar-refractivity contribution in [1.29, 1.82) is 0 Å². The van der Waals surface area contributed by atoms with Crippen LogP contribution in [0.5, 0.6) is 23.0 Å². The molecule has 1 saturated heterocycles. The Hall–Kier alpha value is -4.81. The maximum Gasteiger partial charge on any atom is 0.325 e. The number of likely N-dealkylation sites (tertiary alicyclic amines) is 1. The van der Waals surface area contributed by atoms with Crippen molar-refractivity contribution in [3.8, 4) is 23.0 Å². The number of piperidine rings is 1. The van der Waals surface area contributed by atoms with Crippen LogP contribution in [0.4, 0.5) is 19.3 Å². The zero-order valence-corrected chi connectivity index (χ0v) is 24.7. The van der Waals surface area contributed by atoms with Gasteiger partial charge in [-0.25, -0.2) is 13.6 Å². The van der Waals surface area contributed by atoms with Gasteiger partial charge in [0.05, 0.1) is 19.0 Å². The van der Waals surface area contributed by atoms with Gasteiger partial charge in [0.15, 0.2) is 23.1 Å². The highest BCUT2D eigenvalue weighted by Crippen LogP contribution is 2.38. The molecule has 1 aliphatic rings. The smallest absolute Gasteiger partial charge is 0.325 e. The van der Waals surface area contributed by atoms with Crippen LogP contribution in [-0.2, 0) is 11.2 Å². The Morgan fingerprint density at radius 1 is 0.978 bits per heavy atom. The molecule has 12 heteroatoms. The summed E-state index contributed by atoms with van der Waals surface area (Å²) in [6, 6.07) is 13.3. The van der Waals surface area contributed by atoms with E-state index in [0.29, 0.717) is 40.3 Å². The first-order chi connectivity index (χ1) is 21.8. The number of aliphatic hydroxyl groups excluding tert-OH is 1. The van der Waals surface area contributed by atoms with Gasteiger partial charge in [-0.3, -0.25) is 15.1 Å². The third-order valence-corrected chi connectivity index (χ3v) is 7.25.